The van der Waals surface area contributed by atoms with Gasteiger partial charge in [0.05, 0.1) is 26.8 Å². The van der Waals surface area contributed by atoms with Crippen molar-refractivity contribution in [3.8, 4) is 44.2 Å². The van der Waals surface area contributed by atoms with E-state index in [1.54, 1.807) is 11.3 Å². The van der Waals surface area contributed by atoms with Crippen molar-refractivity contribution in [1.29, 1.82) is 0 Å². The smallest absolute Gasteiger partial charge is 0.124 e. The molecule has 0 radical (unpaired) electrons. The maximum absolute atomic E-state index is 5.13. The van der Waals surface area contributed by atoms with Crippen LogP contribution in [0.2, 0.25) is 0 Å². The molecule has 12 aromatic rings. The van der Waals surface area contributed by atoms with Gasteiger partial charge in [-0.2, -0.15) is 0 Å². The SMILES string of the molecule is C1=Cc2c(n(-c3cccc(-c4ccc5sc6ccccc6c5c4)c3)c3ccc(-c4ccc5c(c4)c4cc6sc(-c7ccccc7)nc6cc4n5-c4ccccc4)cc23)CC1. The van der Waals surface area contributed by atoms with E-state index < -0.39 is 0 Å². The first-order valence-electron chi connectivity index (χ1n) is 20.6. The normalized spacial score (nSPS) is 12.8. The predicted octanol–water partition coefficient (Wildman–Crippen LogP) is 15.7. The van der Waals surface area contributed by atoms with Crippen LogP contribution in [0.5, 0.6) is 0 Å². The van der Waals surface area contributed by atoms with E-state index in [1.165, 1.54) is 96.8 Å². The van der Waals surface area contributed by atoms with Crippen LogP contribution in [-0.4, -0.2) is 14.1 Å². The molecule has 0 aliphatic heterocycles. The number of hydrogen-bond acceptors (Lipinski definition) is 3. The number of nitrogens with zero attached hydrogens (tertiary/aromatic N) is 3. The van der Waals surface area contributed by atoms with Crippen LogP contribution in [0.1, 0.15) is 17.7 Å². The van der Waals surface area contributed by atoms with Crippen LogP contribution in [0.15, 0.2) is 182 Å². The van der Waals surface area contributed by atoms with Crippen LogP contribution < -0.4 is 0 Å². The first kappa shape index (κ1) is 33.9. The third-order valence-corrected chi connectivity index (χ3v) is 14.6. The second-order valence-corrected chi connectivity index (χ2v) is 18.0. The molecular formula is C55H35N3S2. The molecule has 8 aromatic carbocycles. The maximum Gasteiger partial charge on any atom is 0.124 e. The lowest BCUT2D eigenvalue weighted by Crippen LogP contribution is -2.03. The topological polar surface area (TPSA) is 22.8 Å². The van der Waals surface area contributed by atoms with Gasteiger partial charge in [0.1, 0.15) is 5.01 Å². The third kappa shape index (κ3) is 5.23. The number of fused-ring (bicyclic) bond motifs is 10. The number of para-hydroxylation sites is 1. The molecule has 3 nitrogen and oxygen atoms in total. The molecule has 0 atom stereocenters. The lowest BCUT2D eigenvalue weighted by Gasteiger charge is -2.14. The Labute approximate surface area is 354 Å². The highest BCUT2D eigenvalue weighted by atomic mass is 32.1. The van der Waals surface area contributed by atoms with Gasteiger partial charge in [0.25, 0.3) is 0 Å². The van der Waals surface area contributed by atoms with Gasteiger partial charge in [0.15, 0.2) is 0 Å². The van der Waals surface area contributed by atoms with Crippen LogP contribution in [0, 0.1) is 0 Å². The molecule has 1 aliphatic carbocycles. The molecule has 0 saturated carbocycles. The average Bonchev–Trinajstić information content (AvgIpc) is 4.07. The number of thiazole rings is 1. The molecule has 0 unspecified atom stereocenters. The summed E-state index contributed by atoms with van der Waals surface area (Å²) >= 11 is 3.64. The zero-order valence-corrected chi connectivity index (χ0v) is 34.1. The van der Waals surface area contributed by atoms with Crippen molar-refractivity contribution in [3.63, 3.8) is 0 Å². The Bertz CT molecular complexity index is 3710. The van der Waals surface area contributed by atoms with E-state index in [1.807, 2.05) is 11.3 Å². The molecule has 282 valence electrons. The van der Waals surface area contributed by atoms with Gasteiger partial charge in [-0.05, 0) is 114 Å². The van der Waals surface area contributed by atoms with Gasteiger partial charge in [-0.1, -0.05) is 109 Å². The van der Waals surface area contributed by atoms with Crippen molar-refractivity contribution in [3.05, 3.63) is 193 Å². The minimum atomic E-state index is 1.01. The Morgan fingerprint density at radius 1 is 0.417 bits per heavy atom. The second-order valence-electron chi connectivity index (χ2n) is 15.9. The molecule has 4 aromatic heterocycles. The number of thiophene rings is 1. The third-order valence-electron chi connectivity index (χ3n) is 12.4. The molecule has 60 heavy (non-hydrogen) atoms. The minimum Gasteiger partial charge on any atom is -0.313 e. The van der Waals surface area contributed by atoms with Crippen molar-refractivity contribution < 1.29 is 0 Å². The summed E-state index contributed by atoms with van der Waals surface area (Å²) in [4.78, 5) is 5.13. The lowest BCUT2D eigenvalue weighted by atomic mass is 9.98. The molecule has 0 N–H and O–H groups in total. The standard InChI is InChI=1S/C55H35N3S2/c1-3-12-34(13-4-1)55-56-47-33-51-45(32-54(47)60-55)44-30-37(23-26-50(44)57(51)39-15-5-2-6-16-39)36-22-25-49-43(29-36)41-18-7-9-20-48(41)58(49)40-17-11-14-35(28-40)38-24-27-53-46(31-38)42-19-8-10-21-52(42)59-53/h1-8,10-19,21-33H,9,20H2. The van der Waals surface area contributed by atoms with Gasteiger partial charge in [0, 0.05) is 64.5 Å². The van der Waals surface area contributed by atoms with Gasteiger partial charge < -0.3 is 9.13 Å². The van der Waals surface area contributed by atoms with E-state index in [2.05, 4.69) is 197 Å². The summed E-state index contributed by atoms with van der Waals surface area (Å²) < 4.78 is 8.78. The fourth-order valence-electron chi connectivity index (χ4n) is 9.61. The zero-order valence-electron chi connectivity index (χ0n) is 32.5. The van der Waals surface area contributed by atoms with Crippen LogP contribution >= 0.6 is 22.7 Å². The molecule has 0 bridgehead atoms. The van der Waals surface area contributed by atoms with E-state index in [9.17, 15) is 0 Å². The monoisotopic (exact) mass is 801 g/mol. The van der Waals surface area contributed by atoms with Crippen molar-refractivity contribution in [1.82, 2.24) is 14.1 Å². The highest BCUT2D eigenvalue weighted by Crippen LogP contribution is 2.42. The summed E-state index contributed by atoms with van der Waals surface area (Å²) in [7, 11) is 0. The first-order valence-corrected chi connectivity index (χ1v) is 22.2. The number of allylic oxidation sites excluding steroid dienone is 1. The van der Waals surface area contributed by atoms with Crippen molar-refractivity contribution in [2.24, 2.45) is 0 Å². The molecule has 0 saturated heterocycles. The van der Waals surface area contributed by atoms with Crippen LogP contribution in [-0.2, 0) is 6.42 Å². The van der Waals surface area contributed by atoms with E-state index in [4.69, 9.17) is 4.98 Å². The van der Waals surface area contributed by atoms with E-state index in [-0.39, 0.29) is 0 Å². The zero-order chi connectivity index (χ0) is 39.3. The van der Waals surface area contributed by atoms with Crippen molar-refractivity contribution in [2.75, 3.05) is 0 Å². The Balaban J connectivity index is 0.951. The lowest BCUT2D eigenvalue weighted by molar-refractivity contribution is 0.889. The summed E-state index contributed by atoms with van der Waals surface area (Å²) in [5, 5.41) is 7.49. The average molecular weight is 802 g/mol. The molecule has 1 aliphatic rings. The fraction of sp³-hybridized carbons (Fsp3) is 0.0364. The predicted molar refractivity (Wildman–Crippen MR) is 257 cm³/mol. The van der Waals surface area contributed by atoms with E-state index in [0.717, 1.165) is 34.6 Å². The second kappa shape index (κ2) is 13.2. The largest absolute Gasteiger partial charge is 0.313 e. The quantitative estimate of drug-likeness (QED) is 0.170. The van der Waals surface area contributed by atoms with Gasteiger partial charge >= 0.3 is 0 Å². The summed E-state index contributed by atoms with van der Waals surface area (Å²) in [5.74, 6) is 0. The van der Waals surface area contributed by atoms with Crippen LogP contribution in [0.3, 0.4) is 0 Å². The molecular weight excluding hydrogens is 767 g/mol. The highest BCUT2D eigenvalue weighted by molar-refractivity contribution is 7.25. The summed E-state index contributed by atoms with van der Waals surface area (Å²) in [6.45, 7) is 0. The highest BCUT2D eigenvalue weighted by Gasteiger charge is 2.21. The molecule has 5 heteroatoms. The van der Waals surface area contributed by atoms with E-state index in [0.29, 0.717) is 0 Å². The summed E-state index contributed by atoms with van der Waals surface area (Å²) in [5.41, 5.74) is 15.8. The maximum atomic E-state index is 5.13. The van der Waals surface area contributed by atoms with Crippen LogP contribution in [0.4, 0.5) is 0 Å². The molecule has 4 heterocycles. The Morgan fingerprint density at radius 2 is 1.07 bits per heavy atom. The Morgan fingerprint density at radius 3 is 1.92 bits per heavy atom. The number of benzene rings is 8. The van der Waals surface area contributed by atoms with E-state index >= 15 is 0 Å². The van der Waals surface area contributed by atoms with Gasteiger partial charge in [-0.3, -0.25) is 0 Å². The molecule has 0 amide bonds. The first-order chi connectivity index (χ1) is 29.7. The molecule has 0 spiro atoms. The Hall–Kier alpha value is -7.05. The van der Waals surface area contributed by atoms with Crippen LogP contribution in [0.25, 0.3) is 113 Å². The van der Waals surface area contributed by atoms with Gasteiger partial charge in [-0.15, -0.1) is 22.7 Å². The molecule has 0 fully saturated rings. The van der Waals surface area contributed by atoms with Crippen molar-refractivity contribution >= 4 is 91.8 Å². The minimum absolute atomic E-state index is 1.01. The van der Waals surface area contributed by atoms with Gasteiger partial charge in [0.2, 0.25) is 0 Å². The summed E-state index contributed by atoms with van der Waals surface area (Å²) in [6.07, 6.45) is 6.74. The number of rotatable bonds is 5. The summed E-state index contributed by atoms with van der Waals surface area (Å²) in [6, 6.07) is 64.8. The fourth-order valence-corrected chi connectivity index (χ4v) is 11.7. The van der Waals surface area contributed by atoms with Gasteiger partial charge in [-0.25, -0.2) is 4.98 Å². The Kier molecular flexibility index (Phi) is 7.47. The number of aromatic nitrogens is 3. The number of hydrogen-bond donors (Lipinski definition) is 0. The molecule has 13 rings (SSSR count). The van der Waals surface area contributed by atoms with Crippen molar-refractivity contribution in [2.45, 2.75) is 12.8 Å².